The molecule has 1 aliphatic heterocycles. The molecule has 2 amide bonds. The Morgan fingerprint density at radius 3 is 2.08 bits per heavy atom. The summed E-state index contributed by atoms with van der Waals surface area (Å²) in [5.74, 6) is 0.149. The van der Waals surface area contributed by atoms with E-state index in [0.29, 0.717) is 43.2 Å². The van der Waals surface area contributed by atoms with Crippen molar-refractivity contribution < 1.29 is 9.59 Å². The van der Waals surface area contributed by atoms with Gasteiger partial charge in [0.25, 0.3) is 5.91 Å². The number of nitrogens with zero attached hydrogens (tertiary/aromatic N) is 2. The van der Waals surface area contributed by atoms with Crippen molar-refractivity contribution >= 4 is 23.4 Å². The number of amides is 2. The predicted octanol–water partition coefficient (Wildman–Crippen LogP) is 3.26. The average molecular weight is 357 g/mol. The molecule has 1 fully saturated rings. The molecule has 1 saturated heterocycles. The summed E-state index contributed by atoms with van der Waals surface area (Å²) in [7, 11) is 0. The minimum absolute atomic E-state index is 0.00643. The van der Waals surface area contributed by atoms with E-state index in [0.717, 1.165) is 6.42 Å². The van der Waals surface area contributed by atoms with Gasteiger partial charge in [0, 0.05) is 43.2 Å². The summed E-state index contributed by atoms with van der Waals surface area (Å²) in [5, 5.41) is 0.616. The van der Waals surface area contributed by atoms with Crippen LogP contribution in [0.15, 0.2) is 54.6 Å². The van der Waals surface area contributed by atoms with Crippen LogP contribution in [0.3, 0.4) is 0 Å². The van der Waals surface area contributed by atoms with Crippen molar-refractivity contribution in [2.75, 3.05) is 26.2 Å². The Balaban J connectivity index is 1.48. The van der Waals surface area contributed by atoms with Crippen LogP contribution in [0.25, 0.3) is 0 Å². The molecule has 0 atom stereocenters. The van der Waals surface area contributed by atoms with Crippen LogP contribution in [0.1, 0.15) is 22.3 Å². The predicted molar refractivity (Wildman–Crippen MR) is 98.7 cm³/mol. The number of piperazine rings is 1. The fraction of sp³-hybridized carbons (Fsp3) is 0.300. The van der Waals surface area contributed by atoms with Crippen LogP contribution in [-0.4, -0.2) is 47.8 Å². The monoisotopic (exact) mass is 356 g/mol. The first kappa shape index (κ1) is 17.5. The lowest BCUT2D eigenvalue weighted by Crippen LogP contribution is -2.50. The standard InChI is InChI=1S/C20H21ClN2O2/c21-18-9-7-17(8-10-18)20(25)23-14-12-22(13-15-23)19(24)11-6-16-4-2-1-3-5-16/h1-5,7-10H,6,11-15H2. The molecule has 130 valence electrons. The van der Waals surface area contributed by atoms with Crippen LogP contribution >= 0.6 is 11.6 Å². The van der Waals surface area contributed by atoms with Crippen molar-refractivity contribution in [2.24, 2.45) is 0 Å². The van der Waals surface area contributed by atoms with E-state index < -0.39 is 0 Å². The molecule has 2 aromatic rings. The first-order valence-corrected chi connectivity index (χ1v) is 8.88. The van der Waals surface area contributed by atoms with Gasteiger partial charge in [-0.15, -0.1) is 0 Å². The smallest absolute Gasteiger partial charge is 0.253 e. The molecular weight excluding hydrogens is 336 g/mol. The zero-order valence-corrected chi connectivity index (χ0v) is 14.8. The third-order valence-electron chi connectivity index (χ3n) is 4.48. The first-order valence-electron chi connectivity index (χ1n) is 8.50. The van der Waals surface area contributed by atoms with Gasteiger partial charge in [0.1, 0.15) is 0 Å². The molecule has 0 spiro atoms. The number of benzene rings is 2. The number of hydrogen-bond acceptors (Lipinski definition) is 2. The highest BCUT2D eigenvalue weighted by Crippen LogP contribution is 2.14. The van der Waals surface area contributed by atoms with Crippen LogP contribution < -0.4 is 0 Å². The van der Waals surface area contributed by atoms with E-state index in [1.165, 1.54) is 5.56 Å². The largest absolute Gasteiger partial charge is 0.339 e. The van der Waals surface area contributed by atoms with E-state index in [9.17, 15) is 9.59 Å². The Bertz CT molecular complexity index is 723. The molecule has 1 heterocycles. The van der Waals surface area contributed by atoms with Gasteiger partial charge in [0.15, 0.2) is 0 Å². The molecule has 4 nitrogen and oxygen atoms in total. The summed E-state index contributed by atoms with van der Waals surface area (Å²) < 4.78 is 0. The lowest BCUT2D eigenvalue weighted by molar-refractivity contribution is -0.132. The number of hydrogen-bond donors (Lipinski definition) is 0. The first-order chi connectivity index (χ1) is 12.1. The van der Waals surface area contributed by atoms with E-state index in [1.807, 2.05) is 35.2 Å². The second kappa shape index (κ2) is 8.17. The Kier molecular flexibility index (Phi) is 5.71. The van der Waals surface area contributed by atoms with Crippen LogP contribution in [-0.2, 0) is 11.2 Å². The van der Waals surface area contributed by atoms with E-state index in [1.54, 1.807) is 29.2 Å². The Morgan fingerprint density at radius 2 is 1.44 bits per heavy atom. The quantitative estimate of drug-likeness (QED) is 0.843. The lowest BCUT2D eigenvalue weighted by atomic mass is 10.1. The number of carbonyl (C=O) groups excluding carboxylic acids is 2. The van der Waals surface area contributed by atoms with Gasteiger partial charge in [-0.3, -0.25) is 9.59 Å². The van der Waals surface area contributed by atoms with Gasteiger partial charge in [0.05, 0.1) is 0 Å². The molecule has 0 N–H and O–H groups in total. The zero-order valence-electron chi connectivity index (χ0n) is 14.0. The highest BCUT2D eigenvalue weighted by molar-refractivity contribution is 6.30. The number of carbonyl (C=O) groups is 2. The van der Waals surface area contributed by atoms with Gasteiger partial charge in [0.2, 0.25) is 5.91 Å². The average Bonchev–Trinajstić information content (AvgIpc) is 2.67. The van der Waals surface area contributed by atoms with Gasteiger partial charge < -0.3 is 9.80 Å². The van der Waals surface area contributed by atoms with Crippen LogP contribution in [0.2, 0.25) is 5.02 Å². The summed E-state index contributed by atoms with van der Waals surface area (Å²) in [4.78, 5) is 28.5. The fourth-order valence-corrected chi connectivity index (χ4v) is 3.11. The molecule has 0 saturated carbocycles. The van der Waals surface area contributed by atoms with Crippen molar-refractivity contribution in [2.45, 2.75) is 12.8 Å². The third-order valence-corrected chi connectivity index (χ3v) is 4.73. The van der Waals surface area contributed by atoms with Gasteiger partial charge in [-0.2, -0.15) is 0 Å². The molecule has 2 aromatic carbocycles. The molecule has 3 rings (SSSR count). The molecule has 0 bridgehead atoms. The highest BCUT2D eigenvalue weighted by atomic mass is 35.5. The maximum Gasteiger partial charge on any atom is 0.253 e. The van der Waals surface area contributed by atoms with Crippen molar-refractivity contribution in [3.05, 3.63) is 70.7 Å². The van der Waals surface area contributed by atoms with Gasteiger partial charge in [-0.05, 0) is 36.2 Å². The van der Waals surface area contributed by atoms with E-state index in [2.05, 4.69) is 0 Å². The van der Waals surface area contributed by atoms with Crippen molar-refractivity contribution in [3.63, 3.8) is 0 Å². The molecule has 0 radical (unpaired) electrons. The van der Waals surface area contributed by atoms with Crippen LogP contribution in [0.5, 0.6) is 0 Å². The Morgan fingerprint density at radius 1 is 0.840 bits per heavy atom. The molecule has 0 unspecified atom stereocenters. The maximum atomic E-state index is 12.5. The number of rotatable bonds is 4. The molecule has 0 aromatic heterocycles. The topological polar surface area (TPSA) is 40.6 Å². The van der Waals surface area contributed by atoms with Crippen LogP contribution in [0.4, 0.5) is 0 Å². The fourth-order valence-electron chi connectivity index (χ4n) is 2.99. The van der Waals surface area contributed by atoms with E-state index >= 15 is 0 Å². The van der Waals surface area contributed by atoms with Crippen molar-refractivity contribution in [1.82, 2.24) is 9.80 Å². The van der Waals surface area contributed by atoms with Gasteiger partial charge >= 0.3 is 0 Å². The SMILES string of the molecule is O=C(CCc1ccccc1)N1CCN(C(=O)c2ccc(Cl)cc2)CC1. The summed E-state index contributed by atoms with van der Waals surface area (Å²) in [6.07, 6.45) is 1.26. The minimum atomic E-state index is -0.00643. The van der Waals surface area contributed by atoms with Crippen LogP contribution in [0, 0.1) is 0 Å². The molecule has 1 aliphatic rings. The Labute approximate surface area is 153 Å². The van der Waals surface area contributed by atoms with Gasteiger partial charge in [-0.25, -0.2) is 0 Å². The molecule has 25 heavy (non-hydrogen) atoms. The summed E-state index contributed by atoms with van der Waals surface area (Å²) in [6.45, 7) is 2.32. The third kappa shape index (κ3) is 4.60. The zero-order chi connectivity index (χ0) is 17.6. The van der Waals surface area contributed by atoms with E-state index in [-0.39, 0.29) is 11.8 Å². The molecule has 0 aliphatic carbocycles. The maximum absolute atomic E-state index is 12.5. The number of halogens is 1. The van der Waals surface area contributed by atoms with Crippen molar-refractivity contribution in [3.8, 4) is 0 Å². The summed E-state index contributed by atoms with van der Waals surface area (Å²) >= 11 is 5.86. The number of aryl methyl sites for hydroxylation is 1. The second-order valence-electron chi connectivity index (χ2n) is 6.17. The summed E-state index contributed by atoms with van der Waals surface area (Å²) in [6, 6.07) is 16.9. The highest BCUT2D eigenvalue weighted by Gasteiger charge is 2.24. The second-order valence-corrected chi connectivity index (χ2v) is 6.60. The Hall–Kier alpha value is -2.33. The van der Waals surface area contributed by atoms with Gasteiger partial charge in [-0.1, -0.05) is 41.9 Å². The normalized spacial score (nSPS) is 14.4. The lowest BCUT2D eigenvalue weighted by Gasteiger charge is -2.35. The molecule has 5 heteroatoms. The van der Waals surface area contributed by atoms with Crippen molar-refractivity contribution in [1.29, 1.82) is 0 Å². The molecular formula is C20H21ClN2O2. The van der Waals surface area contributed by atoms with E-state index in [4.69, 9.17) is 11.6 Å². The minimum Gasteiger partial charge on any atom is -0.339 e. The summed E-state index contributed by atoms with van der Waals surface area (Å²) in [5.41, 5.74) is 1.81.